The first-order valence-corrected chi connectivity index (χ1v) is 7.05. The van der Waals surface area contributed by atoms with Gasteiger partial charge in [-0.2, -0.15) is 0 Å². The number of carboxylic acid groups (broad SMARTS) is 1. The molecule has 1 aliphatic carbocycles. The quantitative estimate of drug-likeness (QED) is 0.686. The summed E-state index contributed by atoms with van der Waals surface area (Å²) in [4.78, 5) is 10.7. The van der Waals surface area contributed by atoms with Gasteiger partial charge < -0.3 is 10.4 Å². The lowest BCUT2D eigenvalue weighted by Crippen LogP contribution is -2.30. The number of rotatable bonds is 8. The van der Waals surface area contributed by atoms with Gasteiger partial charge in [0.1, 0.15) is 0 Å². The molecule has 0 bridgehead atoms. The van der Waals surface area contributed by atoms with Crippen molar-refractivity contribution in [2.45, 2.75) is 64.8 Å². The maximum Gasteiger partial charge on any atom is 0.306 e. The van der Waals surface area contributed by atoms with Crippen LogP contribution in [0.3, 0.4) is 0 Å². The summed E-state index contributed by atoms with van der Waals surface area (Å²) in [5.74, 6) is 0.0176. The smallest absolute Gasteiger partial charge is 0.306 e. The molecule has 3 heteroatoms. The Morgan fingerprint density at radius 1 is 1.29 bits per heavy atom. The van der Waals surface area contributed by atoms with E-state index in [-0.39, 0.29) is 5.92 Å². The van der Waals surface area contributed by atoms with Gasteiger partial charge in [-0.1, -0.05) is 26.2 Å². The maximum absolute atomic E-state index is 10.7. The topological polar surface area (TPSA) is 49.3 Å². The maximum atomic E-state index is 10.7. The van der Waals surface area contributed by atoms with Crippen LogP contribution in [-0.2, 0) is 4.79 Å². The number of hydrogen-bond donors (Lipinski definition) is 2. The minimum absolute atomic E-state index is 0.197. The summed E-state index contributed by atoms with van der Waals surface area (Å²) in [5, 5.41) is 12.4. The van der Waals surface area contributed by atoms with E-state index in [1.807, 2.05) is 0 Å². The van der Waals surface area contributed by atoms with Gasteiger partial charge in [-0.15, -0.1) is 0 Å². The Labute approximate surface area is 105 Å². The van der Waals surface area contributed by atoms with Crippen LogP contribution in [0.4, 0.5) is 0 Å². The molecule has 2 unspecified atom stereocenters. The Balaban J connectivity index is 2.00. The number of carboxylic acids is 1. The van der Waals surface area contributed by atoms with Crippen molar-refractivity contribution >= 4 is 5.97 Å². The van der Waals surface area contributed by atoms with E-state index in [9.17, 15) is 4.79 Å². The fraction of sp³-hybridized carbons (Fsp3) is 0.929. The summed E-state index contributed by atoms with van der Waals surface area (Å²) in [7, 11) is 0. The predicted molar refractivity (Wildman–Crippen MR) is 70.1 cm³/mol. The highest BCUT2D eigenvalue weighted by atomic mass is 16.4. The summed E-state index contributed by atoms with van der Waals surface area (Å²) in [6.07, 6.45) is 8.46. The van der Waals surface area contributed by atoms with Gasteiger partial charge >= 0.3 is 5.97 Å². The zero-order chi connectivity index (χ0) is 12.7. The molecule has 0 radical (unpaired) electrons. The molecule has 1 fully saturated rings. The summed E-state index contributed by atoms with van der Waals surface area (Å²) in [6.45, 7) is 5.15. The highest BCUT2D eigenvalue weighted by molar-refractivity contribution is 5.69. The van der Waals surface area contributed by atoms with Crippen molar-refractivity contribution in [1.29, 1.82) is 0 Å². The van der Waals surface area contributed by atoms with Crippen LogP contribution in [0.1, 0.15) is 58.8 Å². The van der Waals surface area contributed by atoms with Crippen molar-refractivity contribution in [1.82, 2.24) is 5.32 Å². The molecule has 1 rings (SSSR count). The molecule has 0 aromatic carbocycles. The van der Waals surface area contributed by atoms with Gasteiger partial charge in [0, 0.05) is 6.04 Å². The highest BCUT2D eigenvalue weighted by Crippen LogP contribution is 2.23. The molecule has 2 atom stereocenters. The average molecular weight is 241 g/mol. The molecule has 17 heavy (non-hydrogen) atoms. The van der Waals surface area contributed by atoms with Gasteiger partial charge in [-0.3, -0.25) is 4.79 Å². The van der Waals surface area contributed by atoms with Gasteiger partial charge in [0.25, 0.3) is 0 Å². The lowest BCUT2D eigenvalue weighted by Gasteiger charge is -2.17. The van der Waals surface area contributed by atoms with E-state index in [0.717, 1.165) is 31.7 Å². The van der Waals surface area contributed by atoms with Crippen molar-refractivity contribution in [3.8, 4) is 0 Å². The molecule has 0 aromatic rings. The second kappa shape index (κ2) is 7.70. The van der Waals surface area contributed by atoms with Gasteiger partial charge in [0.2, 0.25) is 0 Å². The van der Waals surface area contributed by atoms with Crippen LogP contribution in [0.25, 0.3) is 0 Å². The SMILES string of the molecule is CC(CCCC(C)C(=O)O)NCC1CCCC1. The summed E-state index contributed by atoms with van der Waals surface area (Å²) >= 11 is 0. The lowest BCUT2D eigenvalue weighted by molar-refractivity contribution is -0.141. The van der Waals surface area contributed by atoms with E-state index in [0.29, 0.717) is 6.04 Å². The third-order valence-corrected chi connectivity index (χ3v) is 3.93. The largest absolute Gasteiger partial charge is 0.481 e. The Bertz CT molecular complexity index is 224. The van der Waals surface area contributed by atoms with Crippen LogP contribution >= 0.6 is 0 Å². The Morgan fingerprint density at radius 2 is 1.94 bits per heavy atom. The van der Waals surface area contributed by atoms with Crippen molar-refractivity contribution in [2.24, 2.45) is 11.8 Å². The molecule has 0 amide bonds. The number of carbonyl (C=O) groups is 1. The Hall–Kier alpha value is -0.570. The Kier molecular flexibility index (Phi) is 6.56. The van der Waals surface area contributed by atoms with Crippen LogP contribution in [0.15, 0.2) is 0 Å². The summed E-state index contributed by atoms with van der Waals surface area (Å²) in [5.41, 5.74) is 0. The third-order valence-electron chi connectivity index (χ3n) is 3.93. The van der Waals surface area contributed by atoms with E-state index in [1.165, 1.54) is 25.7 Å². The molecule has 1 aliphatic rings. The molecular formula is C14H27NO2. The van der Waals surface area contributed by atoms with Crippen LogP contribution in [-0.4, -0.2) is 23.7 Å². The number of aliphatic carboxylic acids is 1. The zero-order valence-electron chi connectivity index (χ0n) is 11.2. The Morgan fingerprint density at radius 3 is 2.53 bits per heavy atom. The van der Waals surface area contributed by atoms with E-state index in [4.69, 9.17) is 5.11 Å². The van der Waals surface area contributed by atoms with Crippen molar-refractivity contribution < 1.29 is 9.90 Å². The standard InChI is InChI=1S/C14H27NO2/c1-11(14(16)17)6-5-7-12(2)15-10-13-8-3-4-9-13/h11-13,15H,3-10H2,1-2H3,(H,16,17). The monoisotopic (exact) mass is 241 g/mol. The molecule has 0 aromatic heterocycles. The third kappa shape index (κ3) is 6.06. The minimum Gasteiger partial charge on any atom is -0.481 e. The van der Waals surface area contributed by atoms with Crippen LogP contribution in [0.2, 0.25) is 0 Å². The van der Waals surface area contributed by atoms with E-state index in [2.05, 4.69) is 12.2 Å². The molecule has 0 heterocycles. The zero-order valence-corrected chi connectivity index (χ0v) is 11.2. The van der Waals surface area contributed by atoms with Gasteiger partial charge in [-0.05, 0) is 45.1 Å². The molecule has 2 N–H and O–H groups in total. The van der Waals surface area contributed by atoms with Crippen LogP contribution in [0, 0.1) is 11.8 Å². The van der Waals surface area contributed by atoms with Crippen LogP contribution in [0.5, 0.6) is 0 Å². The van der Waals surface area contributed by atoms with Gasteiger partial charge in [-0.25, -0.2) is 0 Å². The second-order valence-electron chi connectivity index (χ2n) is 5.63. The summed E-state index contributed by atoms with van der Waals surface area (Å²) in [6, 6.07) is 0.525. The first kappa shape index (κ1) is 14.5. The summed E-state index contributed by atoms with van der Waals surface area (Å²) < 4.78 is 0. The van der Waals surface area contributed by atoms with Crippen molar-refractivity contribution in [2.75, 3.05) is 6.54 Å². The van der Waals surface area contributed by atoms with Gasteiger partial charge in [0.15, 0.2) is 0 Å². The average Bonchev–Trinajstić information content (AvgIpc) is 2.78. The first-order chi connectivity index (χ1) is 8.09. The van der Waals surface area contributed by atoms with E-state index >= 15 is 0 Å². The van der Waals surface area contributed by atoms with Crippen molar-refractivity contribution in [3.05, 3.63) is 0 Å². The number of hydrogen-bond acceptors (Lipinski definition) is 2. The molecule has 100 valence electrons. The van der Waals surface area contributed by atoms with E-state index in [1.54, 1.807) is 6.92 Å². The van der Waals surface area contributed by atoms with E-state index < -0.39 is 5.97 Å². The lowest BCUT2D eigenvalue weighted by atomic mass is 10.0. The minimum atomic E-state index is -0.670. The molecule has 3 nitrogen and oxygen atoms in total. The van der Waals surface area contributed by atoms with Crippen LogP contribution < -0.4 is 5.32 Å². The molecule has 0 saturated heterocycles. The molecule has 1 saturated carbocycles. The number of nitrogens with one attached hydrogen (secondary N) is 1. The van der Waals surface area contributed by atoms with Crippen molar-refractivity contribution in [3.63, 3.8) is 0 Å². The molecule has 0 aliphatic heterocycles. The molecule has 0 spiro atoms. The molecular weight excluding hydrogens is 214 g/mol. The fourth-order valence-corrected chi connectivity index (χ4v) is 2.54. The fourth-order valence-electron chi connectivity index (χ4n) is 2.54. The second-order valence-corrected chi connectivity index (χ2v) is 5.63. The normalized spacial score (nSPS) is 20.4. The predicted octanol–water partition coefficient (Wildman–Crippen LogP) is 3.05. The highest BCUT2D eigenvalue weighted by Gasteiger charge is 2.15. The van der Waals surface area contributed by atoms with Gasteiger partial charge in [0.05, 0.1) is 5.92 Å². The first-order valence-electron chi connectivity index (χ1n) is 7.05.